The van der Waals surface area contributed by atoms with Crippen molar-refractivity contribution in [1.82, 2.24) is 24.5 Å². The molecule has 1 atom stereocenters. The summed E-state index contributed by atoms with van der Waals surface area (Å²) < 4.78 is 28.3. The minimum Gasteiger partial charge on any atom is -0.382 e. The lowest BCUT2D eigenvalue weighted by molar-refractivity contribution is -0.127. The predicted octanol–water partition coefficient (Wildman–Crippen LogP) is 5.46. The Morgan fingerprint density at radius 3 is 2.53 bits per heavy atom. The molecule has 3 N–H and O–H groups in total. The third-order valence-corrected chi connectivity index (χ3v) is 8.89. The number of halogens is 2. The number of nitrogen functional groups attached to an aromatic ring is 1. The van der Waals surface area contributed by atoms with Gasteiger partial charge in [0.15, 0.2) is 5.82 Å². The number of fused-ring (bicyclic) bond motifs is 2. The van der Waals surface area contributed by atoms with Crippen LogP contribution in [0.5, 0.6) is 0 Å². The van der Waals surface area contributed by atoms with Gasteiger partial charge < -0.3 is 11.1 Å². The molecule has 0 radical (unpaired) electrons. The van der Waals surface area contributed by atoms with Gasteiger partial charge in [-0.05, 0) is 50.3 Å². The van der Waals surface area contributed by atoms with E-state index in [1.54, 1.807) is 4.52 Å². The highest BCUT2D eigenvalue weighted by molar-refractivity contribution is 5.90. The van der Waals surface area contributed by atoms with Crippen LogP contribution in [-0.2, 0) is 5.41 Å². The number of aliphatic imine (C=N–C) groups is 1. The third-order valence-electron chi connectivity index (χ3n) is 8.89. The summed E-state index contributed by atoms with van der Waals surface area (Å²) in [5.74, 6) is -1.21. The maximum absolute atomic E-state index is 13.3. The number of likely N-dealkylation sites (tertiary alicyclic amines) is 1. The van der Waals surface area contributed by atoms with Crippen molar-refractivity contribution in [3.63, 3.8) is 0 Å². The third kappa shape index (κ3) is 4.32. The van der Waals surface area contributed by atoms with Gasteiger partial charge >= 0.3 is 0 Å². The van der Waals surface area contributed by atoms with Crippen LogP contribution >= 0.6 is 0 Å². The number of nitrogens with two attached hydrogens (primary N) is 1. The molecular weight excluding hydrogens is 486 g/mol. The maximum Gasteiger partial charge on any atom is 0.251 e. The molecule has 3 aromatic rings. The van der Waals surface area contributed by atoms with Crippen LogP contribution in [0.1, 0.15) is 65.5 Å². The second-order valence-electron chi connectivity index (χ2n) is 11.9. The second-order valence-corrected chi connectivity index (χ2v) is 11.9. The van der Waals surface area contributed by atoms with E-state index >= 15 is 0 Å². The molecule has 2 fully saturated rings. The fourth-order valence-electron chi connectivity index (χ4n) is 6.25. The number of nitrogens with zero attached hydrogens (tertiary/aromatic N) is 6. The summed E-state index contributed by atoms with van der Waals surface area (Å²) in [7, 11) is 0. The van der Waals surface area contributed by atoms with Gasteiger partial charge in [0.2, 0.25) is 5.95 Å². The molecule has 8 nitrogen and oxygen atoms in total. The van der Waals surface area contributed by atoms with Crippen LogP contribution in [0.3, 0.4) is 0 Å². The topological polar surface area (TPSA) is 96.7 Å². The van der Waals surface area contributed by atoms with E-state index in [-0.39, 0.29) is 30.3 Å². The molecule has 0 bridgehead atoms. The molecule has 1 aliphatic carbocycles. The van der Waals surface area contributed by atoms with Gasteiger partial charge in [0.1, 0.15) is 5.52 Å². The Morgan fingerprint density at radius 2 is 1.84 bits per heavy atom. The molecule has 10 heteroatoms. The average molecular weight is 523 g/mol. The molecule has 38 heavy (non-hydrogen) atoms. The summed E-state index contributed by atoms with van der Waals surface area (Å²) in [5.41, 5.74) is 11.9. The molecule has 5 heterocycles. The maximum atomic E-state index is 13.3. The summed E-state index contributed by atoms with van der Waals surface area (Å²) >= 11 is 0. The highest BCUT2D eigenvalue weighted by Gasteiger charge is 2.48. The van der Waals surface area contributed by atoms with Crippen molar-refractivity contribution in [3.8, 4) is 11.3 Å². The van der Waals surface area contributed by atoms with Crippen molar-refractivity contribution < 1.29 is 8.78 Å². The molecule has 3 aromatic heterocycles. The quantitative estimate of drug-likeness (QED) is 0.462. The Labute approximate surface area is 221 Å². The Hall–Kier alpha value is -3.14. The van der Waals surface area contributed by atoms with E-state index in [0.29, 0.717) is 17.7 Å². The SMILES string of the molecule is CC1=Nc2ccc(-c3ccn4nc(NC5CCN(C6CC(F)(F)C6)CC5)nc(N)c34)nc2C(C)(C(C)C)C1. The van der Waals surface area contributed by atoms with Gasteiger partial charge in [-0.25, -0.2) is 18.3 Å². The van der Waals surface area contributed by atoms with E-state index in [4.69, 9.17) is 15.7 Å². The van der Waals surface area contributed by atoms with Crippen LogP contribution < -0.4 is 11.1 Å². The number of anilines is 2. The van der Waals surface area contributed by atoms with Gasteiger partial charge in [-0.2, -0.15) is 4.98 Å². The Kier molecular flexibility index (Phi) is 5.93. The van der Waals surface area contributed by atoms with Crippen LogP contribution in [0.15, 0.2) is 29.4 Å². The van der Waals surface area contributed by atoms with E-state index in [1.165, 1.54) is 0 Å². The lowest BCUT2D eigenvalue weighted by Crippen LogP contribution is -2.54. The molecule has 0 spiro atoms. The average Bonchev–Trinajstić information content (AvgIpc) is 3.27. The number of aromatic nitrogens is 4. The minimum atomic E-state index is -2.48. The normalized spacial score (nSPS) is 24.3. The first-order valence-electron chi connectivity index (χ1n) is 13.6. The summed E-state index contributed by atoms with van der Waals surface area (Å²) in [6.07, 6.45) is 4.46. The van der Waals surface area contributed by atoms with Crippen molar-refractivity contribution >= 4 is 28.7 Å². The zero-order valence-electron chi connectivity index (χ0n) is 22.5. The van der Waals surface area contributed by atoms with Crippen molar-refractivity contribution in [2.75, 3.05) is 24.1 Å². The fraction of sp³-hybridized carbons (Fsp3) is 0.571. The minimum absolute atomic E-state index is 0.0129. The van der Waals surface area contributed by atoms with Crippen LogP contribution in [0.2, 0.25) is 0 Å². The van der Waals surface area contributed by atoms with E-state index in [2.05, 4.69) is 54.1 Å². The van der Waals surface area contributed by atoms with Crippen molar-refractivity contribution in [3.05, 3.63) is 30.1 Å². The van der Waals surface area contributed by atoms with Gasteiger partial charge in [0, 0.05) is 60.9 Å². The number of alkyl halides is 2. The zero-order valence-corrected chi connectivity index (χ0v) is 22.5. The van der Waals surface area contributed by atoms with E-state index < -0.39 is 5.92 Å². The van der Waals surface area contributed by atoms with Crippen LogP contribution in [0, 0.1) is 5.92 Å². The van der Waals surface area contributed by atoms with Gasteiger partial charge in [0.05, 0.1) is 17.1 Å². The van der Waals surface area contributed by atoms with Crippen molar-refractivity contribution in [2.45, 2.75) is 83.2 Å². The first kappa shape index (κ1) is 25.2. The van der Waals surface area contributed by atoms with Gasteiger partial charge in [0.25, 0.3) is 5.92 Å². The fourth-order valence-corrected chi connectivity index (χ4v) is 6.25. The Morgan fingerprint density at radius 1 is 1.11 bits per heavy atom. The molecule has 6 rings (SSSR count). The number of nitrogens with one attached hydrogen (secondary N) is 1. The summed E-state index contributed by atoms with van der Waals surface area (Å²) in [5, 5.41) is 8.10. The number of piperidine rings is 1. The number of hydrogen-bond acceptors (Lipinski definition) is 7. The largest absolute Gasteiger partial charge is 0.382 e. The molecule has 202 valence electrons. The molecule has 1 unspecified atom stereocenters. The highest BCUT2D eigenvalue weighted by Crippen LogP contribution is 2.44. The van der Waals surface area contributed by atoms with Crippen molar-refractivity contribution in [1.29, 1.82) is 0 Å². The molecule has 1 saturated carbocycles. The van der Waals surface area contributed by atoms with E-state index in [0.717, 1.165) is 66.2 Å². The number of pyridine rings is 1. The van der Waals surface area contributed by atoms with Crippen LogP contribution in [0.4, 0.5) is 26.2 Å². The molecule has 3 aliphatic rings. The monoisotopic (exact) mass is 522 g/mol. The zero-order chi connectivity index (χ0) is 26.8. The Balaban J connectivity index is 1.22. The Bertz CT molecular complexity index is 1400. The highest BCUT2D eigenvalue weighted by atomic mass is 19.3. The first-order valence-corrected chi connectivity index (χ1v) is 13.6. The van der Waals surface area contributed by atoms with Crippen molar-refractivity contribution in [2.24, 2.45) is 10.9 Å². The predicted molar refractivity (Wildman–Crippen MR) is 146 cm³/mol. The van der Waals surface area contributed by atoms with Crippen LogP contribution in [-0.4, -0.2) is 61.3 Å². The summed E-state index contributed by atoms with van der Waals surface area (Å²) in [4.78, 5) is 16.7. The lowest BCUT2D eigenvalue weighted by Gasteiger charge is -2.45. The summed E-state index contributed by atoms with van der Waals surface area (Å²) in [6.45, 7) is 10.4. The second kappa shape index (κ2) is 8.97. The smallest absolute Gasteiger partial charge is 0.251 e. The first-order chi connectivity index (χ1) is 18.0. The van der Waals surface area contributed by atoms with Crippen LogP contribution in [0.25, 0.3) is 16.8 Å². The van der Waals surface area contributed by atoms with Gasteiger partial charge in [-0.15, -0.1) is 5.10 Å². The molecule has 0 aromatic carbocycles. The molecule has 0 amide bonds. The van der Waals surface area contributed by atoms with Gasteiger partial charge in [-0.1, -0.05) is 20.8 Å². The lowest BCUT2D eigenvalue weighted by atomic mass is 9.70. The van der Waals surface area contributed by atoms with E-state index in [1.807, 2.05) is 18.3 Å². The summed E-state index contributed by atoms with van der Waals surface area (Å²) in [6, 6.07) is 6.22. The standard InChI is InChI=1S/C28H36F2N8/c1-16(2)27(4)13-17(3)32-22-6-5-21(34-24(22)27)20-9-12-38-23(20)25(31)35-26(36-38)33-18-7-10-37(11-8-18)19-14-28(29,30)15-19/h5-6,9,12,16,18-19H,7-8,10-11,13-15H2,1-4H3,(H3,31,33,35,36). The molecule has 2 aliphatic heterocycles. The van der Waals surface area contributed by atoms with E-state index in [9.17, 15) is 8.78 Å². The number of hydrogen-bond donors (Lipinski definition) is 2. The molecule has 1 saturated heterocycles. The van der Waals surface area contributed by atoms with Gasteiger partial charge in [-0.3, -0.25) is 9.89 Å². The molecular formula is C28H36F2N8. The number of rotatable bonds is 5.